The molecule has 2 N–H and O–H groups in total. The van der Waals surface area contributed by atoms with E-state index in [1.165, 1.54) is 23.0 Å². The number of H-pyrrole nitrogens is 1. The maximum Gasteiger partial charge on any atom is 0.273 e. The number of aromatic amines is 1. The highest BCUT2D eigenvalue weighted by atomic mass is 35.5. The molecule has 1 spiro atoms. The molecular weight excluding hydrogens is 446 g/mol. The van der Waals surface area contributed by atoms with Gasteiger partial charge in [-0.05, 0) is 43.2 Å². The monoisotopic (exact) mass is 467 g/mol. The molecule has 0 aromatic carbocycles. The molecule has 2 aliphatic rings. The van der Waals surface area contributed by atoms with Crippen LogP contribution in [0.4, 0.5) is 5.82 Å². The van der Waals surface area contributed by atoms with E-state index >= 15 is 0 Å². The average Bonchev–Trinajstić information content (AvgIpc) is 2.83. The summed E-state index contributed by atoms with van der Waals surface area (Å²) in [5.74, 6) is 1.19. The SMILES string of the molecule is O=C1NCC12CCN(c1ccc(-n3ccc(OCc4ccc(Cl)cn4)cc3=O)c(=O)[nH]1)CC2. The minimum Gasteiger partial charge on any atom is -0.487 e. The minimum absolute atomic E-state index is 0.127. The Kier molecular flexibility index (Phi) is 5.41. The molecule has 3 aromatic heterocycles. The van der Waals surface area contributed by atoms with Gasteiger partial charge in [0.1, 0.15) is 23.9 Å². The van der Waals surface area contributed by atoms with E-state index in [4.69, 9.17) is 16.3 Å². The van der Waals surface area contributed by atoms with Crippen molar-refractivity contribution in [1.82, 2.24) is 19.9 Å². The van der Waals surface area contributed by atoms with Gasteiger partial charge >= 0.3 is 0 Å². The van der Waals surface area contributed by atoms with Crippen molar-refractivity contribution >= 4 is 23.3 Å². The molecule has 2 aliphatic heterocycles. The zero-order valence-corrected chi connectivity index (χ0v) is 18.5. The second kappa shape index (κ2) is 8.40. The van der Waals surface area contributed by atoms with Crippen molar-refractivity contribution in [3.63, 3.8) is 0 Å². The lowest BCUT2D eigenvalue weighted by atomic mass is 9.72. The number of ether oxygens (including phenoxy) is 1. The third kappa shape index (κ3) is 4.11. The van der Waals surface area contributed by atoms with E-state index in [-0.39, 0.29) is 34.7 Å². The molecule has 0 unspecified atom stereocenters. The molecule has 3 aromatic rings. The summed E-state index contributed by atoms with van der Waals surface area (Å²) >= 11 is 5.82. The third-order valence-corrected chi connectivity index (χ3v) is 6.55. The van der Waals surface area contributed by atoms with Crippen LogP contribution in [0.3, 0.4) is 0 Å². The van der Waals surface area contributed by atoms with E-state index in [1.54, 1.807) is 30.3 Å². The molecule has 170 valence electrons. The Bertz CT molecular complexity index is 1310. The Morgan fingerprint density at radius 2 is 1.91 bits per heavy atom. The number of piperidine rings is 1. The molecule has 33 heavy (non-hydrogen) atoms. The highest BCUT2D eigenvalue weighted by molar-refractivity contribution is 6.30. The van der Waals surface area contributed by atoms with Crippen LogP contribution in [0.1, 0.15) is 18.5 Å². The first kappa shape index (κ1) is 21.3. The smallest absolute Gasteiger partial charge is 0.273 e. The van der Waals surface area contributed by atoms with Crippen LogP contribution in [0, 0.1) is 5.41 Å². The van der Waals surface area contributed by atoms with Gasteiger partial charge in [-0.25, -0.2) is 0 Å². The topological polar surface area (TPSA) is 109 Å². The van der Waals surface area contributed by atoms with Crippen LogP contribution in [0.2, 0.25) is 5.02 Å². The van der Waals surface area contributed by atoms with Gasteiger partial charge in [-0.15, -0.1) is 0 Å². The Morgan fingerprint density at radius 3 is 2.52 bits per heavy atom. The van der Waals surface area contributed by atoms with Gasteiger partial charge in [0.05, 0.1) is 16.1 Å². The first-order valence-electron chi connectivity index (χ1n) is 10.7. The molecule has 0 bridgehead atoms. The molecule has 10 heteroatoms. The van der Waals surface area contributed by atoms with Crippen molar-refractivity contribution < 1.29 is 9.53 Å². The molecule has 1 amide bonds. The number of hydrogen-bond donors (Lipinski definition) is 2. The molecule has 0 aliphatic carbocycles. The molecule has 5 heterocycles. The molecule has 2 saturated heterocycles. The standard InChI is InChI=1S/C23H22ClN5O4/c24-15-1-2-16(25-12-15)13-33-17-5-8-29(20(30)11-17)18-3-4-19(27-21(18)31)28-9-6-23(7-10-28)14-26-22(23)32/h1-5,8,11-12H,6-7,9-10,13-14H2,(H,26,32)(H,27,31). The molecule has 0 radical (unpaired) electrons. The fourth-order valence-electron chi connectivity index (χ4n) is 4.22. The van der Waals surface area contributed by atoms with Crippen LogP contribution in [-0.4, -0.2) is 40.1 Å². The highest BCUT2D eigenvalue weighted by Gasteiger charge is 2.47. The van der Waals surface area contributed by atoms with Crippen LogP contribution in [-0.2, 0) is 11.4 Å². The van der Waals surface area contributed by atoms with Crippen molar-refractivity contribution in [2.75, 3.05) is 24.5 Å². The molecule has 0 saturated carbocycles. The van der Waals surface area contributed by atoms with E-state index in [2.05, 4.69) is 20.2 Å². The van der Waals surface area contributed by atoms with Crippen molar-refractivity contribution in [2.24, 2.45) is 5.41 Å². The van der Waals surface area contributed by atoms with Crippen molar-refractivity contribution in [3.8, 4) is 11.4 Å². The quantitative estimate of drug-likeness (QED) is 0.554. The maximum absolute atomic E-state index is 12.7. The summed E-state index contributed by atoms with van der Waals surface area (Å²) in [7, 11) is 0. The first-order chi connectivity index (χ1) is 15.9. The molecular formula is C23H22ClN5O4. The normalized spacial score (nSPS) is 16.9. The predicted molar refractivity (Wildman–Crippen MR) is 123 cm³/mol. The zero-order chi connectivity index (χ0) is 23.0. The third-order valence-electron chi connectivity index (χ3n) is 6.33. The number of pyridine rings is 3. The summed E-state index contributed by atoms with van der Waals surface area (Å²) in [6.45, 7) is 2.30. The number of halogens is 1. The Labute approximate surface area is 194 Å². The fraction of sp³-hybridized carbons (Fsp3) is 0.304. The lowest BCUT2D eigenvalue weighted by molar-refractivity contribution is -0.141. The lowest BCUT2D eigenvalue weighted by Crippen LogP contribution is -2.62. The van der Waals surface area contributed by atoms with Gasteiger partial charge < -0.3 is 19.9 Å². The van der Waals surface area contributed by atoms with Gasteiger partial charge in [-0.2, -0.15) is 0 Å². The maximum atomic E-state index is 12.7. The number of amides is 1. The summed E-state index contributed by atoms with van der Waals surface area (Å²) in [5.41, 5.74) is -0.0861. The summed E-state index contributed by atoms with van der Waals surface area (Å²) in [6, 6.07) is 9.84. The van der Waals surface area contributed by atoms with Crippen molar-refractivity contribution in [2.45, 2.75) is 19.4 Å². The molecule has 9 nitrogen and oxygen atoms in total. The van der Waals surface area contributed by atoms with Crippen molar-refractivity contribution in [3.05, 3.63) is 80.2 Å². The van der Waals surface area contributed by atoms with Crippen molar-refractivity contribution in [1.29, 1.82) is 0 Å². The number of β-lactam (4-membered cyclic amide) rings is 1. The Morgan fingerprint density at radius 1 is 1.09 bits per heavy atom. The van der Waals surface area contributed by atoms with E-state index in [0.717, 1.165) is 19.4 Å². The van der Waals surface area contributed by atoms with E-state index < -0.39 is 0 Å². The number of rotatable bonds is 5. The average molecular weight is 468 g/mol. The van der Waals surface area contributed by atoms with Crippen LogP contribution in [0.15, 0.2) is 58.4 Å². The summed E-state index contributed by atoms with van der Waals surface area (Å²) < 4.78 is 6.91. The second-order valence-electron chi connectivity index (χ2n) is 8.34. The first-order valence-corrected chi connectivity index (χ1v) is 11.0. The predicted octanol–water partition coefficient (Wildman–Crippen LogP) is 1.87. The van der Waals surface area contributed by atoms with Crippen LogP contribution in [0.25, 0.3) is 5.69 Å². The summed E-state index contributed by atoms with van der Waals surface area (Å²) in [5, 5.41) is 3.36. The summed E-state index contributed by atoms with van der Waals surface area (Å²) in [6.07, 6.45) is 4.56. The Hall–Kier alpha value is -3.59. The number of hydrogen-bond acceptors (Lipinski definition) is 6. The molecule has 5 rings (SSSR count). The van der Waals surface area contributed by atoms with Gasteiger partial charge in [0.2, 0.25) is 5.91 Å². The van der Waals surface area contributed by atoms with Crippen LogP contribution >= 0.6 is 11.6 Å². The van der Waals surface area contributed by atoms with Crippen LogP contribution < -0.4 is 26.1 Å². The van der Waals surface area contributed by atoms with E-state index in [1.807, 2.05) is 0 Å². The van der Waals surface area contributed by atoms with Gasteiger partial charge in [-0.1, -0.05) is 11.6 Å². The molecule has 2 fully saturated rings. The number of nitrogens with zero attached hydrogens (tertiary/aromatic N) is 3. The second-order valence-corrected chi connectivity index (χ2v) is 8.77. The zero-order valence-electron chi connectivity index (χ0n) is 17.7. The highest BCUT2D eigenvalue weighted by Crippen LogP contribution is 2.37. The van der Waals surface area contributed by atoms with Gasteiger partial charge in [0.15, 0.2) is 0 Å². The minimum atomic E-state index is -0.384. The summed E-state index contributed by atoms with van der Waals surface area (Å²) in [4.78, 5) is 46.3. The Balaban J connectivity index is 1.28. The lowest BCUT2D eigenvalue weighted by Gasteiger charge is -2.46. The van der Waals surface area contributed by atoms with Crippen LogP contribution in [0.5, 0.6) is 5.75 Å². The largest absolute Gasteiger partial charge is 0.487 e. The number of carbonyl (C=O) groups is 1. The number of anilines is 1. The molecule has 0 atom stereocenters. The van der Waals surface area contributed by atoms with E-state index in [9.17, 15) is 14.4 Å². The van der Waals surface area contributed by atoms with Gasteiger partial charge in [-0.3, -0.25) is 23.9 Å². The van der Waals surface area contributed by atoms with E-state index in [0.29, 0.717) is 35.4 Å². The number of carbonyl (C=O) groups excluding carboxylic acids is 1. The number of nitrogens with one attached hydrogen (secondary N) is 2. The van der Waals surface area contributed by atoms with Gasteiger partial charge in [0.25, 0.3) is 11.1 Å². The fourth-order valence-corrected chi connectivity index (χ4v) is 4.33. The van der Waals surface area contributed by atoms with Gasteiger partial charge in [0, 0.05) is 38.1 Å². The number of aromatic nitrogens is 3.